The summed E-state index contributed by atoms with van der Waals surface area (Å²) in [5.74, 6) is 0. The molecule has 10 rings (SSSR count). The SMILES string of the molecule is CC(C)(C)c1ccc(N(c2ccc(C(C)(C)C)cc2)c2c3ccc([Si](C)(C)C)cc3c(-c3c4cc(C(C)(C)C)ccc4c(N(c4ccc(C(C)(C)C)cc4)c4ccc(C(C)(C)C)cc4)c4cc([Si-](C)(C)C)ccc34)c3ccc(C(C)(C)C)cc23)cc1. The lowest BCUT2D eigenvalue weighted by Gasteiger charge is -2.34. The van der Waals surface area contributed by atoms with E-state index in [4.69, 9.17) is 0 Å². The first-order valence-corrected chi connectivity index (χ1v) is 38.8. The summed E-state index contributed by atoms with van der Waals surface area (Å²) < 4.78 is 0. The van der Waals surface area contributed by atoms with Crippen LogP contribution in [0, 0.1) is 0 Å². The van der Waals surface area contributed by atoms with Gasteiger partial charge in [0.05, 0.1) is 19.4 Å². The Labute approximate surface area is 521 Å². The summed E-state index contributed by atoms with van der Waals surface area (Å²) in [5.41, 5.74) is 17.3. The molecule has 0 radical (unpaired) electrons. The monoisotopic (exact) mass is 1170 g/mol. The van der Waals surface area contributed by atoms with Gasteiger partial charge >= 0.3 is 0 Å². The van der Waals surface area contributed by atoms with Crippen LogP contribution in [0.1, 0.15) is 158 Å². The highest BCUT2D eigenvalue weighted by Crippen LogP contribution is 2.55. The third kappa shape index (κ3) is 12.0. The van der Waals surface area contributed by atoms with Gasteiger partial charge in [0.25, 0.3) is 0 Å². The smallest absolute Gasteiger partial charge is 0.0776 e. The zero-order valence-electron chi connectivity index (χ0n) is 57.1. The number of benzene rings is 10. The van der Waals surface area contributed by atoms with Crippen LogP contribution in [-0.2, 0) is 32.5 Å². The van der Waals surface area contributed by atoms with Crippen LogP contribution in [-0.4, -0.2) is 16.1 Å². The summed E-state index contributed by atoms with van der Waals surface area (Å²) in [4.78, 5) is 5.20. The van der Waals surface area contributed by atoms with Crippen molar-refractivity contribution in [3.63, 3.8) is 0 Å². The van der Waals surface area contributed by atoms with Gasteiger partial charge in [-0.2, -0.15) is 24.8 Å². The fourth-order valence-electron chi connectivity index (χ4n) is 12.6. The number of hydrogen-bond acceptors (Lipinski definition) is 2. The molecule has 10 aromatic rings. The molecule has 0 saturated carbocycles. The van der Waals surface area contributed by atoms with E-state index in [9.17, 15) is 0 Å². The second-order valence-corrected chi connectivity index (χ2v) is 43.5. The predicted molar refractivity (Wildman–Crippen MR) is 389 cm³/mol. The van der Waals surface area contributed by atoms with Crippen molar-refractivity contribution in [2.45, 2.75) is 196 Å². The summed E-state index contributed by atoms with van der Waals surface area (Å²) in [5, 5.41) is 13.0. The van der Waals surface area contributed by atoms with Crippen LogP contribution in [0.5, 0.6) is 0 Å². The first-order valence-electron chi connectivity index (χ1n) is 31.8. The highest BCUT2D eigenvalue weighted by molar-refractivity contribution is 6.89. The molecular formula is C82H100N2Si2-. The largest absolute Gasteiger partial charge is 0.309 e. The summed E-state index contributed by atoms with van der Waals surface area (Å²) in [6.45, 7) is 57.1. The van der Waals surface area contributed by atoms with Gasteiger partial charge in [-0.15, -0.1) is 8.07 Å². The highest BCUT2D eigenvalue weighted by atomic mass is 28.3. The Morgan fingerprint density at radius 3 is 0.849 bits per heavy atom. The van der Waals surface area contributed by atoms with E-state index >= 15 is 0 Å². The van der Waals surface area contributed by atoms with Crippen molar-refractivity contribution in [1.29, 1.82) is 0 Å². The molecule has 0 spiro atoms. The second kappa shape index (κ2) is 21.5. The lowest BCUT2D eigenvalue weighted by atomic mass is 9.79. The van der Waals surface area contributed by atoms with Crippen molar-refractivity contribution in [3.05, 3.63) is 203 Å². The maximum Gasteiger partial charge on any atom is 0.0776 e. The fraction of sp³-hybridized carbons (Fsp3) is 0.366. The molecule has 0 aromatic heterocycles. The molecule has 0 saturated heterocycles. The van der Waals surface area contributed by atoms with Crippen molar-refractivity contribution >= 4 is 104 Å². The topological polar surface area (TPSA) is 6.48 Å². The van der Waals surface area contributed by atoms with Crippen LogP contribution < -0.4 is 20.2 Å². The van der Waals surface area contributed by atoms with Gasteiger partial charge in [0.2, 0.25) is 0 Å². The highest BCUT2D eigenvalue weighted by Gasteiger charge is 2.32. The molecule has 0 atom stereocenters. The van der Waals surface area contributed by atoms with Crippen LogP contribution in [0.3, 0.4) is 0 Å². The summed E-state index contributed by atoms with van der Waals surface area (Å²) in [7, 11) is -3.81. The van der Waals surface area contributed by atoms with E-state index in [1.54, 1.807) is 0 Å². The standard InChI is InChI=1S/C82H100N2Si2/c1-77(2,3)53-25-35-59(36-26-53)83(60-37-27-54(28-38-60)78(4,5)6)75-68-48-44-63(85(19,20)21)51-70(68)74(65-45-33-58(50-71(65)75)82(16,17)18)73-66-47-43-64(86(22,23)24)52-72(66)76(67-46-34-57(49-69(67)73)81(13,14)15)84(61-39-29-55(30-40-61)79(7,8)9)62-41-31-56(32-42-62)80(10,11)12/h25-52H,1-24H3/q-1. The number of hydrogen-bond donors (Lipinski definition) is 0. The molecule has 4 heteroatoms. The van der Waals surface area contributed by atoms with Gasteiger partial charge in [-0.05, 0) is 159 Å². The van der Waals surface area contributed by atoms with E-state index in [1.165, 1.54) is 109 Å². The van der Waals surface area contributed by atoms with Gasteiger partial charge in [0, 0.05) is 44.3 Å². The lowest BCUT2D eigenvalue weighted by molar-refractivity contribution is 0.590. The Morgan fingerprint density at radius 1 is 0.267 bits per heavy atom. The Kier molecular flexibility index (Phi) is 15.6. The molecule has 0 amide bonds. The van der Waals surface area contributed by atoms with Gasteiger partial charge in [0.15, 0.2) is 0 Å². The van der Waals surface area contributed by atoms with Gasteiger partial charge in [-0.25, -0.2) is 0 Å². The zero-order valence-corrected chi connectivity index (χ0v) is 59.1. The molecule has 0 aliphatic rings. The predicted octanol–water partition coefficient (Wildman–Crippen LogP) is 23.8. The van der Waals surface area contributed by atoms with Crippen molar-refractivity contribution in [2.24, 2.45) is 0 Å². The van der Waals surface area contributed by atoms with E-state index in [0.717, 1.165) is 22.7 Å². The third-order valence-corrected chi connectivity index (χ3v) is 22.4. The van der Waals surface area contributed by atoms with Crippen LogP contribution in [0.2, 0.25) is 39.3 Å². The molecular weight excluding hydrogens is 1070 g/mol. The first-order chi connectivity index (χ1) is 39.7. The second-order valence-electron chi connectivity index (χ2n) is 33.3. The average molecular weight is 1170 g/mol. The van der Waals surface area contributed by atoms with Gasteiger partial charge in [-0.1, -0.05) is 259 Å². The maximum absolute atomic E-state index is 2.64. The van der Waals surface area contributed by atoms with Crippen LogP contribution in [0.25, 0.3) is 54.2 Å². The van der Waals surface area contributed by atoms with E-state index < -0.39 is 16.1 Å². The minimum Gasteiger partial charge on any atom is -0.309 e. The molecule has 0 fully saturated rings. The van der Waals surface area contributed by atoms with Crippen molar-refractivity contribution < 1.29 is 0 Å². The molecule has 86 heavy (non-hydrogen) atoms. The van der Waals surface area contributed by atoms with Crippen LogP contribution >= 0.6 is 0 Å². The van der Waals surface area contributed by atoms with E-state index in [2.05, 4.69) is 344 Å². The molecule has 2 nitrogen and oxygen atoms in total. The van der Waals surface area contributed by atoms with Crippen LogP contribution in [0.4, 0.5) is 34.1 Å². The number of anilines is 6. The lowest BCUT2D eigenvalue weighted by Crippen LogP contribution is -2.37. The molecule has 10 aromatic carbocycles. The summed E-state index contributed by atoms with van der Waals surface area (Å²) in [6.07, 6.45) is 0. The molecule has 0 aliphatic heterocycles. The fourth-order valence-corrected chi connectivity index (χ4v) is 14.9. The van der Waals surface area contributed by atoms with E-state index in [-0.39, 0.29) is 32.5 Å². The molecule has 0 N–H and O–H groups in total. The van der Waals surface area contributed by atoms with Crippen molar-refractivity contribution in [3.8, 4) is 11.1 Å². The van der Waals surface area contributed by atoms with E-state index in [1.807, 2.05) is 0 Å². The summed E-state index contributed by atoms with van der Waals surface area (Å²) >= 11 is 0. The van der Waals surface area contributed by atoms with Gasteiger partial charge < -0.3 is 9.80 Å². The van der Waals surface area contributed by atoms with Crippen LogP contribution in [0.15, 0.2) is 170 Å². The molecule has 0 bridgehead atoms. The Hall–Kier alpha value is -6.73. The third-order valence-electron chi connectivity index (χ3n) is 18.3. The minimum absolute atomic E-state index is 0.00218. The molecule has 0 heterocycles. The van der Waals surface area contributed by atoms with Crippen molar-refractivity contribution in [2.75, 3.05) is 9.80 Å². The van der Waals surface area contributed by atoms with Crippen molar-refractivity contribution in [1.82, 2.24) is 0 Å². The number of fused-ring (bicyclic) bond motifs is 4. The Morgan fingerprint density at radius 2 is 0.535 bits per heavy atom. The number of nitrogens with zero attached hydrogens (tertiary/aromatic N) is 2. The normalized spacial score (nSPS) is 13.3. The van der Waals surface area contributed by atoms with Gasteiger partial charge in [0.1, 0.15) is 0 Å². The maximum atomic E-state index is 2.64. The van der Waals surface area contributed by atoms with Gasteiger partial charge in [-0.3, -0.25) is 0 Å². The number of rotatable bonds is 9. The van der Waals surface area contributed by atoms with E-state index in [0.29, 0.717) is 0 Å². The zero-order chi connectivity index (χ0) is 62.8. The quantitative estimate of drug-likeness (QED) is 0.105. The summed E-state index contributed by atoms with van der Waals surface area (Å²) in [6, 6.07) is 68.1. The Bertz CT molecular complexity index is 3790. The molecule has 447 valence electrons. The molecule has 0 unspecified atom stereocenters. The average Bonchev–Trinajstić information content (AvgIpc) is 0.710. The minimum atomic E-state index is -1.91. The first kappa shape index (κ1) is 62.3. The molecule has 0 aliphatic carbocycles. The Balaban J connectivity index is 1.46.